The van der Waals surface area contributed by atoms with Crippen LogP contribution in [0.25, 0.3) is 0 Å². The summed E-state index contributed by atoms with van der Waals surface area (Å²) in [6.07, 6.45) is 0. The summed E-state index contributed by atoms with van der Waals surface area (Å²) < 4.78 is 0. The summed E-state index contributed by atoms with van der Waals surface area (Å²) in [4.78, 5) is 25.5. The zero-order valence-corrected chi connectivity index (χ0v) is 18.6. The Bertz CT molecular complexity index is 849. The van der Waals surface area contributed by atoms with E-state index in [0.29, 0.717) is 24.8 Å². The van der Waals surface area contributed by atoms with Gasteiger partial charge < -0.3 is 26.0 Å². The molecule has 9 heteroatoms. The van der Waals surface area contributed by atoms with Crippen LogP contribution in [0, 0.1) is 12.8 Å². The first-order valence-electron chi connectivity index (χ1n) is 10.8. The molecule has 0 unspecified atom stereocenters. The molecule has 3 rings (SSSR count). The van der Waals surface area contributed by atoms with Gasteiger partial charge in [-0.2, -0.15) is 0 Å². The van der Waals surface area contributed by atoms with Crippen LogP contribution in [-0.2, 0) is 0 Å². The number of hydrogen-bond acceptors (Lipinski definition) is 7. The Morgan fingerprint density at radius 1 is 1.10 bits per heavy atom. The molecule has 0 aliphatic carbocycles. The molecule has 0 spiro atoms. The van der Waals surface area contributed by atoms with Crippen LogP contribution < -0.4 is 20.9 Å². The number of aliphatic hydroxyl groups excluding tert-OH is 1. The summed E-state index contributed by atoms with van der Waals surface area (Å²) in [5.74, 6) is 2.75. The van der Waals surface area contributed by atoms with E-state index in [-0.39, 0.29) is 12.6 Å². The van der Waals surface area contributed by atoms with Crippen LogP contribution >= 0.6 is 0 Å². The van der Waals surface area contributed by atoms with Crippen molar-refractivity contribution in [1.82, 2.24) is 20.2 Å². The molecule has 1 fully saturated rings. The van der Waals surface area contributed by atoms with Crippen LogP contribution in [0.1, 0.15) is 19.7 Å². The van der Waals surface area contributed by atoms with Gasteiger partial charge in [-0.05, 0) is 37.1 Å². The molecule has 2 aromatic rings. The van der Waals surface area contributed by atoms with Crippen LogP contribution in [0.5, 0.6) is 0 Å². The molecule has 1 aliphatic heterocycles. The monoisotopic (exact) mass is 427 g/mol. The Hall–Kier alpha value is -2.91. The Morgan fingerprint density at radius 2 is 1.77 bits per heavy atom. The molecular weight excluding hydrogens is 394 g/mol. The molecule has 31 heavy (non-hydrogen) atoms. The fourth-order valence-corrected chi connectivity index (χ4v) is 3.38. The quantitative estimate of drug-likeness (QED) is 0.513. The van der Waals surface area contributed by atoms with Crippen LogP contribution in [0.2, 0.25) is 0 Å². The predicted molar refractivity (Wildman–Crippen MR) is 124 cm³/mol. The normalized spacial score (nSPS) is 14.5. The maximum absolute atomic E-state index is 11.9. The number of rotatable bonds is 8. The number of hydrogen-bond donors (Lipinski definition) is 4. The average molecular weight is 428 g/mol. The Labute approximate surface area is 183 Å². The number of nitrogens with one attached hydrogen (secondary N) is 3. The number of carbonyl (C=O) groups excluding carboxylic acids is 1. The number of carbonyl (C=O) groups is 1. The smallest absolute Gasteiger partial charge is 0.319 e. The van der Waals surface area contributed by atoms with Gasteiger partial charge in [-0.1, -0.05) is 13.8 Å². The second kappa shape index (κ2) is 10.9. The molecule has 9 nitrogen and oxygen atoms in total. The van der Waals surface area contributed by atoms with Crippen LogP contribution in [0.4, 0.5) is 27.8 Å². The van der Waals surface area contributed by atoms with E-state index in [9.17, 15) is 4.79 Å². The lowest BCUT2D eigenvalue weighted by Crippen LogP contribution is -2.47. The van der Waals surface area contributed by atoms with E-state index in [2.05, 4.69) is 49.6 Å². The Morgan fingerprint density at radius 3 is 2.42 bits per heavy atom. The molecule has 2 heterocycles. The van der Waals surface area contributed by atoms with Gasteiger partial charge in [-0.15, -0.1) is 0 Å². The number of aryl methyl sites for hydroxylation is 1. The predicted octanol–water partition coefficient (Wildman–Crippen LogP) is 2.42. The lowest BCUT2D eigenvalue weighted by Gasteiger charge is -2.35. The molecule has 0 radical (unpaired) electrons. The number of benzene rings is 1. The van der Waals surface area contributed by atoms with Crippen LogP contribution in [-0.4, -0.2) is 71.9 Å². The molecule has 1 aromatic carbocycles. The van der Waals surface area contributed by atoms with Gasteiger partial charge >= 0.3 is 6.03 Å². The van der Waals surface area contributed by atoms with E-state index >= 15 is 0 Å². The van der Waals surface area contributed by atoms with Gasteiger partial charge in [0.2, 0.25) is 0 Å². The molecule has 0 atom stereocenters. The lowest BCUT2D eigenvalue weighted by atomic mass is 10.2. The lowest BCUT2D eigenvalue weighted by molar-refractivity contribution is 0.188. The van der Waals surface area contributed by atoms with Gasteiger partial charge in [0.1, 0.15) is 17.5 Å². The summed E-state index contributed by atoms with van der Waals surface area (Å²) in [7, 11) is 0. The Kier molecular flexibility index (Phi) is 8.02. The fraction of sp³-hybridized carbons (Fsp3) is 0.500. The second-order valence-corrected chi connectivity index (χ2v) is 8.14. The van der Waals surface area contributed by atoms with Crippen molar-refractivity contribution in [3.63, 3.8) is 0 Å². The van der Waals surface area contributed by atoms with Gasteiger partial charge in [0.05, 0.1) is 6.61 Å². The van der Waals surface area contributed by atoms with Crippen molar-refractivity contribution in [3.05, 3.63) is 36.2 Å². The largest absolute Gasteiger partial charge is 0.395 e. The minimum Gasteiger partial charge on any atom is -0.395 e. The number of piperazine rings is 1. The molecule has 4 N–H and O–H groups in total. The topological polar surface area (TPSA) is 106 Å². The molecule has 0 saturated carbocycles. The standard InChI is InChI=1S/C22H33N7O2/c1-16(2)15-23-22(31)27-19-6-4-18(5-7-19)26-20-14-21(25-17(3)24-20)29-10-8-28(9-11-29)12-13-30/h4-7,14,16,30H,8-13,15H2,1-3H3,(H2,23,27,31)(H,24,25,26). The zero-order valence-electron chi connectivity index (χ0n) is 18.6. The van der Waals surface area contributed by atoms with Crippen molar-refractivity contribution in [2.75, 3.05) is 61.4 Å². The molecular formula is C22H33N7O2. The number of amides is 2. The number of nitrogens with zero attached hydrogens (tertiary/aromatic N) is 4. The highest BCUT2D eigenvalue weighted by Crippen LogP contribution is 2.22. The first kappa shape index (κ1) is 22.8. The summed E-state index contributed by atoms with van der Waals surface area (Å²) in [5.41, 5.74) is 1.61. The summed E-state index contributed by atoms with van der Waals surface area (Å²) in [6.45, 7) is 11.1. The highest BCUT2D eigenvalue weighted by atomic mass is 16.3. The molecule has 1 saturated heterocycles. The zero-order chi connectivity index (χ0) is 22.2. The summed E-state index contributed by atoms with van der Waals surface area (Å²) in [5, 5.41) is 18.1. The van der Waals surface area contributed by atoms with E-state index in [1.54, 1.807) is 0 Å². The van der Waals surface area contributed by atoms with Crippen molar-refractivity contribution < 1.29 is 9.90 Å². The minimum absolute atomic E-state index is 0.192. The second-order valence-electron chi connectivity index (χ2n) is 8.14. The van der Waals surface area contributed by atoms with E-state index in [4.69, 9.17) is 5.11 Å². The summed E-state index contributed by atoms with van der Waals surface area (Å²) >= 11 is 0. The minimum atomic E-state index is -0.204. The number of β-amino-alcohol motifs (C(OH)–C–C–N with tert-alkyl or cyclic N) is 1. The van der Waals surface area contributed by atoms with Crippen LogP contribution in [0.15, 0.2) is 30.3 Å². The van der Waals surface area contributed by atoms with Gasteiger partial charge in [-0.3, -0.25) is 4.90 Å². The van der Waals surface area contributed by atoms with Crippen molar-refractivity contribution in [1.29, 1.82) is 0 Å². The summed E-state index contributed by atoms with van der Waals surface area (Å²) in [6, 6.07) is 9.27. The van der Waals surface area contributed by atoms with E-state index < -0.39 is 0 Å². The number of anilines is 4. The number of urea groups is 1. The van der Waals surface area contributed by atoms with Gasteiger partial charge in [-0.25, -0.2) is 14.8 Å². The van der Waals surface area contributed by atoms with Crippen molar-refractivity contribution in [3.8, 4) is 0 Å². The molecule has 2 amide bonds. The third kappa shape index (κ3) is 7.08. The van der Waals surface area contributed by atoms with Gasteiger partial charge in [0.25, 0.3) is 0 Å². The molecule has 1 aromatic heterocycles. The first-order valence-corrected chi connectivity index (χ1v) is 10.8. The van der Waals surface area contributed by atoms with E-state index in [1.165, 1.54) is 0 Å². The molecule has 1 aliphatic rings. The number of aliphatic hydroxyl groups is 1. The maximum atomic E-state index is 11.9. The third-order valence-electron chi connectivity index (χ3n) is 5.02. The number of aromatic nitrogens is 2. The van der Waals surface area contributed by atoms with E-state index in [0.717, 1.165) is 49.2 Å². The molecule has 168 valence electrons. The first-order chi connectivity index (χ1) is 14.9. The van der Waals surface area contributed by atoms with Crippen molar-refractivity contribution >= 4 is 29.0 Å². The molecule has 0 bridgehead atoms. The maximum Gasteiger partial charge on any atom is 0.319 e. The SMILES string of the molecule is Cc1nc(Nc2ccc(NC(=O)NCC(C)C)cc2)cc(N2CCN(CCO)CC2)n1. The van der Waals surface area contributed by atoms with Gasteiger partial charge in [0.15, 0.2) is 0 Å². The average Bonchev–Trinajstić information content (AvgIpc) is 2.74. The Balaban J connectivity index is 1.59. The van der Waals surface area contributed by atoms with Crippen molar-refractivity contribution in [2.45, 2.75) is 20.8 Å². The van der Waals surface area contributed by atoms with Gasteiger partial charge in [0, 0.05) is 56.7 Å². The van der Waals surface area contributed by atoms with E-state index in [1.807, 2.05) is 37.3 Å². The third-order valence-corrected chi connectivity index (χ3v) is 5.02. The fourth-order valence-electron chi connectivity index (χ4n) is 3.38. The highest BCUT2D eigenvalue weighted by Gasteiger charge is 2.18. The van der Waals surface area contributed by atoms with Crippen LogP contribution in [0.3, 0.4) is 0 Å². The van der Waals surface area contributed by atoms with Crippen molar-refractivity contribution in [2.24, 2.45) is 5.92 Å². The highest BCUT2D eigenvalue weighted by molar-refractivity contribution is 5.89.